The first kappa shape index (κ1) is 18.6. The number of hydrogen-bond acceptors (Lipinski definition) is 4. The molecule has 140 valence electrons. The van der Waals surface area contributed by atoms with Crippen LogP contribution in [0.4, 0.5) is 5.69 Å². The van der Waals surface area contributed by atoms with Crippen molar-refractivity contribution in [1.82, 2.24) is 20.1 Å². The smallest absolute Gasteiger partial charge is 0.274 e. The second kappa shape index (κ2) is 7.57. The van der Waals surface area contributed by atoms with E-state index in [1.54, 1.807) is 36.3 Å². The van der Waals surface area contributed by atoms with Crippen molar-refractivity contribution in [2.75, 3.05) is 18.9 Å². The Hall–Kier alpha value is -3.22. The highest BCUT2D eigenvalue weighted by Crippen LogP contribution is 2.24. The molecule has 2 aromatic heterocycles. The fourth-order valence-electron chi connectivity index (χ4n) is 2.97. The van der Waals surface area contributed by atoms with E-state index in [4.69, 9.17) is 0 Å². The third-order valence-electron chi connectivity index (χ3n) is 4.27. The van der Waals surface area contributed by atoms with Crippen LogP contribution in [-0.4, -0.2) is 45.5 Å². The van der Waals surface area contributed by atoms with Gasteiger partial charge in [-0.2, -0.15) is 5.10 Å². The van der Waals surface area contributed by atoms with Gasteiger partial charge in [0.1, 0.15) is 11.4 Å². The van der Waals surface area contributed by atoms with Gasteiger partial charge in [-0.25, -0.2) is 4.98 Å². The molecule has 2 N–H and O–H groups in total. The quantitative estimate of drug-likeness (QED) is 0.726. The summed E-state index contributed by atoms with van der Waals surface area (Å²) < 4.78 is 0. The van der Waals surface area contributed by atoms with Crippen LogP contribution in [0.3, 0.4) is 0 Å². The number of nitrogens with one attached hydrogen (secondary N) is 2. The minimum Gasteiger partial charge on any atom is -0.340 e. The van der Waals surface area contributed by atoms with Gasteiger partial charge in [0.25, 0.3) is 11.8 Å². The van der Waals surface area contributed by atoms with E-state index in [1.807, 2.05) is 32.9 Å². The molecule has 2 heterocycles. The summed E-state index contributed by atoms with van der Waals surface area (Å²) >= 11 is 0. The molecule has 27 heavy (non-hydrogen) atoms. The maximum atomic E-state index is 12.7. The van der Waals surface area contributed by atoms with Crippen LogP contribution in [0.25, 0.3) is 10.9 Å². The number of aromatic amines is 1. The zero-order valence-corrected chi connectivity index (χ0v) is 15.9. The average Bonchev–Trinajstić information content (AvgIpc) is 3.14. The lowest BCUT2D eigenvalue weighted by Gasteiger charge is -2.19. The lowest BCUT2D eigenvalue weighted by atomic mass is 10.1. The topological polar surface area (TPSA) is 91.0 Å². The van der Waals surface area contributed by atoms with Gasteiger partial charge >= 0.3 is 0 Å². The van der Waals surface area contributed by atoms with Gasteiger partial charge in [-0.3, -0.25) is 14.7 Å². The SMILES string of the molecule is Cc1ccc(NC(=O)c2cccc(C(=O)N(C)CC(C)C)n2)c2[nH]ncc12. The number of carbonyl (C=O) groups excluding carboxylic acids is 2. The lowest BCUT2D eigenvalue weighted by molar-refractivity contribution is 0.0773. The number of H-pyrrole nitrogens is 1. The van der Waals surface area contributed by atoms with Gasteiger partial charge in [0.15, 0.2) is 0 Å². The third-order valence-corrected chi connectivity index (χ3v) is 4.27. The van der Waals surface area contributed by atoms with Crippen molar-refractivity contribution >= 4 is 28.4 Å². The Morgan fingerprint density at radius 3 is 2.67 bits per heavy atom. The van der Waals surface area contributed by atoms with E-state index >= 15 is 0 Å². The number of amides is 2. The van der Waals surface area contributed by atoms with Gasteiger partial charge in [0.05, 0.1) is 17.4 Å². The molecule has 0 atom stereocenters. The van der Waals surface area contributed by atoms with Gasteiger partial charge in [-0.1, -0.05) is 26.0 Å². The Morgan fingerprint density at radius 1 is 1.19 bits per heavy atom. The molecule has 0 aliphatic heterocycles. The van der Waals surface area contributed by atoms with Crippen LogP contribution in [0.15, 0.2) is 36.5 Å². The fraction of sp³-hybridized carbons (Fsp3) is 0.300. The maximum absolute atomic E-state index is 12.7. The summed E-state index contributed by atoms with van der Waals surface area (Å²) in [5, 5.41) is 10.7. The molecule has 0 radical (unpaired) electrons. The van der Waals surface area contributed by atoms with E-state index < -0.39 is 0 Å². The first-order chi connectivity index (χ1) is 12.9. The molecule has 0 unspecified atom stereocenters. The first-order valence-corrected chi connectivity index (χ1v) is 8.83. The molecule has 3 rings (SSSR count). The molecular weight excluding hydrogens is 342 g/mol. The number of benzene rings is 1. The van der Waals surface area contributed by atoms with Crippen LogP contribution in [0, 0.1) is 12.8 Å². The second-order valence-corrected chi connectivity index (χ2v) is 7.03. The number of fused-ring (bicyclic) bond motifs is 1. The number of hydrogen-bond donors (Lipinski definition) is 2. The van der Waals surface area contributed by atoms with Crippen molar-refractivity contribution in [3.63, 3.8) is 0 Å². The van der Waals surface area contributed by atoms with Crippen LogP contribution in [0.1, 0.15) is 40.4 Å². The number of pyridine rings is 1. The van der Waals surface area contributed by atoms with Crippen LogP contribution in [0.5, 0.6) is 0 Å². The van der Waals surface area contributed by atoms with Crippen LogP contribution in [-0.2, 0) is 0 Å². The predicted molar refractivity (Wildman–Crippen MR) is 105 cm³/mol. The molecule has 0 aliphatic carbocycles. The summed E-state index contributed by atoms with van der Waals surface area (Å²) in [7, 11) is 1.73. The lowest BCUT2D eigenvalue weighted by Crippen LogP contribution is -2.31. The van der Waals surface area contributed by atoms with Gasteiger partial charge in [-0.15, -0.1) is 0 Å². The number of aryl methyl sites for hydroxylation is 1. The zero-order chi connectivity index (χ0) is 19.6. The molecule has 0 spiro atoms. The Kier molecular flexibility index (Phi) is 5.21. The highest BCUT2D eigenvalue weighted by atomic mass is 16.2. The first-order valence-electron chi connectivity index (χ1n) is 8.83. The summed E-state index contributed by atoms with van der Waals surface area (Å²) in [5.74, 6) is -0.232. The molecule has 1 aromatic carbocycles. The molecule has 7 heteroatoms. The van der Waals surface area contributed by atoms with Gasteiger partial charge in [-0.05, 0) is 36.6 Å². The largest absolute Gasteiger partial charge is 0.340 e. The van der Waals surface area contributed by atoms with Crippen molar-refractivity contribution in [2.24, 2.45) is 5.92 Å². The number of aromatic nitrogens is 3. The molecule has 0 aliphatic rings. The standard InChI is InChI=1S/C20H23N5O2/c1-12(2)11-25(4)20(27)17-7-5-6-16(22-17)19(26)23-15-9-8-13(3)14-10-21-24-18(14)15/h5-10,12H,11H2,1-4H3,(H,21,24)(H,23,26). The highest BCUT2D eigenvalue weighted by Gasteiger charge is 2.17. The molecule has 0 fully saturated rings. The van der Waals surface area contributed by atoms with Gasteiger partial charge < -0.3 is 10.2 Å². The number of rotatable bonds is 5. The number of nitrogens with zero attached hydrogens (tertiary/aromatic N) is 3. The summed E-state index contributed by atoms with van der Waals surface area (Å²) in [6.07, 6.45) is 1.72. The van der Waals surface area contributed by atoms with Crippen molar-refractivity contribution in [3.8, 4) is 0 Å². The van der Waals surface area contributed by atoms with E-state index in [1.165, 1.54) is 0 Å². The normalized spacial score (nSPS) is 11.0. The van der Waals surface area contributed by atoms with Crippen molar-refractivity contribution in [3.05, 3.63) is 53.5 Å². The van der Waals surface area contributed by atoms with Crippen molar-refractivity contribution in [2.45, 2.75) is 20.8 Å². The van der Waals surface area contributed by atoms with Crippen LogP contribution >= 0.6 is 0 Å². The van der Waals surface area contributed by atoms with Crippen molar-refractivity contribution < 1.29 is 9.59 Å². The Morgan fingerprint density at radius 2 is 1.93 bits per heavy atom. The van der Waals surface area contributed by atoms with Crippen LogP contribution < -0.4 is 5.32 Å². The molecular formula is C20H23N5O2. The summed E-state index contributed by atoms with van der Waals surface area (Å²) in [6.45, 7) is 6.68. The summed E-state index contributed by atoms with van der Waals surface area (Å²) in [5.41, 5.74) is 2.88. The molecule has 0 bridgehead atoms. The second-order valence-electron chi connectivity index (χ2n) is 7.03. The molecule has 0 saturated carbocycles. The number of anilines is 1. The molecule has 3 aromatic rings. The van der Waals surface area contributed by atoms with E-state index in [9.17, 15) is 9.59 Å². The third kappa shape index (κ3) is 3.97. The Labute approximate surface area is 157 Å². The fourth-order valence-corrected chi connectivity index (χ4v) is 2.97. The van der Waals surface area contributed by atoms with Crippen LogP contribution in [0.2, 0.25) is 0 Å². The molecule has 7 nitrogen and oxygen atoms in total. The van der Waals surface area contributed by atoms with E-state index in [2.05, 4.69) is 20.5 Å². The Balaban J connectivity index is 1.82. The zero-order valence-electron chi connectivity index (χ0n) is 15.9. The van der Waals surface area contributed by atoms with Gasteiger partial charge in [0.2, 0.25) is 0 Å². The Bertz CT molecular complexity index is 993. The molecule has 0 saturated heterocycles. The monoisotopic (exact) mass is 365 g/mol. The number of carbonyl (C=O) groups is 2. The minimum atomic E-state index is -0.379. The van der Waals surface area contributed by atoms with E-state index in [0.717, 1.165) is 16.5 Å². The van der Waals surface area contributed by atoms with Crippen molar-refractivity contribution in [1.29, 1.82) is 0 Å². The van der Waals surface area contributed by atoms with E-state index in [-0.39, 0.29) is 23.2 Å². The minimum absolute atomic E-state index is 0.187. The van der Waals surface area contributed by atoms with E-state index in [0.29, 0.717) is 18.2 Å². The average molecular weight is 365 g/mol. The summed E-state index contributed by atoms with van der Waals surface area (Å²) in [4.78, 5) is 31.0. The highest BCUT2D eigenvalue weighted by molar-refractivity contribution is 6.08. The maximum Gasteiger partial charge on any atom is 0.274 e. The summed E-state index contributed by atoms with van der Waals surface area (Å²) in [6, 6.07) is 8.61. The molecule has 2 amide bonds. The predicted octanol–water partition coefficient (Wildman–Crippen LogP) is 3.25. The van der Waals surface area contributed by atoms with Gasteiger partial charge in [0, 0.05) is 19.0 Å².